The van der Waals surface area contributed by atoms with Gasteiger partial charge in [-0.1, -0.05) is 25.7 Å². The standard InChI is InChI=1S/C22H27N5OS/c1-15-24-19(14-29-15)22(28)26-11-8-17(9-12-26)27-20(13-16-5-2-3-6-16)25-18-7-4-10-23-21(18)27/h4,7,10,14,16-17H,2-3,5-6,8-9,11-13H2,1H3. The number of rotatable bonds is 4. The van der Waals surface area contributed by atoms with Crippen LogP contribution in [0.5, 0.6) is 0 Å². The molecule has 5 rings (SSSR count). The Kier molecular flexibility index (Phi) is 5.08. The average molecular weight is 410 g/mol. The molecule has 0 radical (unpaired) electrons. The van der Waals surface area contributed by atoms with Crippen LogP contribution in [0.4, 0.5) is 0 Å². The zero-order valence-electron chi connectivity index (χ0n) is 16.9. The summed E-state index contributed by atoms with van der Waals surface area (Å²) in [5.74, 6) is 2.00. The second-order valence-corrected chi connectivity index (χ2v) is 9.44. The number of likely N-dealkylation sites (tertiary alicyclic amines) is 1. The highest BCUT2D eigenvalue weighted by Gasteiger charge is 2.29. The normalized spacial score (nSPS) is 18.7. The summed E-state index contributed by atoms with van der Waals surface area (Å²) in [6, 6.07) is 4.39. The van der Waals surface area contributed by atoms with Crippen molar-refractivity contribution in [1.29, 1.82) is 0 Å². The van der Waals surface area contributed by atoms with Crippen LogP contribution in [0.15, 0.2) is 23.7 Å². The fourth-order valence-corrected chi connectivity index (χ4v) is 5.51. The molecular formula is C22H27N5OS. The molecule has 29 heavy (non-hydrogen) atoms. The van der Waals surface area contributed by atoms with E-state index < -0.39 is 0 Å². The Morgan fingerprint density at radius 1 is 1.17 bits per heavy atom. The summed E-state index contributed by atoms with van der Waals surface area (Å²) in [5.41, 5.74) is 2.58. The van der Waals surface area contributed by atoms with Gasteiger partial charge in [-0.25, -0.2) is 15.0 Å². The van der Waals surface area contributed by atoms with Gasteiger partial charge in [0.1, 0.15) is 17.0 Å². The molecule has 0 atom stereocenters. The summed E-state index contributed by atoms with van der Waals surface area (Å²) in [6.45, 7) is 3.46. The van der Waals surface area contributed by atoms with Crippen molar-refractivity contribution in [2.45, 2.75) is 57.9 Å². The van der Waals surface area contributed by atoms with E-state index in [1.807, 2.05) is 29.5 Å². The quantitative estimate of drug-likeness (QED) is 0.640. The molecule has 0 aromatic carbocycles. The van der Waals surface area contributed by atoms with Crippen LogP contribution in [0.1, 0.15) is 65.9 Å². The monoisotopic (exact) mass is 409 g/mol. The van der Waals surface area contributed by atoms with Gasteiger partial charge >= 0.3 is 0 Å². The Bertz CT molecular complexity index is 1010. The van der Waals surface area contributed by atoms with Crippen LogP contribution in [0.25, 0.3) is 11.2 Å². The molecule has 1 aliphatic carbocycles. The molecule has 152 valence electrons. The van der Waals surface area contributed by atoms with E-state index in [4.69, 9.17) is 4.98 Å². The van der Waals surface area contributed by atoms with Crippen molar-refractivity contribution in [1.82, 2.24) is 24.4 Å². The fraction of sp³-hybridized carbons (Fsp3) is 0.545. The molecule has 3 aromatic heterocycles. The minimum absolute atomic E-state index is 0.0626. The van der Waals surface area contributed by atoms with Gasteiger partial charge in [0.05, 0.1) is 5.01 Å². The van der Waals surface area contributed by atoms with Gasteiger partial charge < -0.3 is 9.47 Å². The summed E-state index contributed by atoms with van der Waals surface area (Å²) in [4.78, 5) is 28.7. The largest absolute Gasteiger partial charge is 0.337 e. The van der Waals surface area contributed by atoms with E-state index in [1.54, 1.807) is 0 Å². The molecule has 7 heteroatoms. The lowest BCUT2D eigenvalue weighted by Crippen LogP contribution is -2.39. The third-order valence-electron chi connectivity index (χ3n) is 6.42. The highest BCUT2D eigenvalue weighted by molar-refractivity contribution is 7.09. The second kappa shape index (κ2) is 7.86. The number of aryl methyl sites for hydroxylation is 1. The molecule has 4 heterocycles. The Labute approximate surface area is 175 Å². The van der Waals surface area contributed by atoms with E-state index >= 15 is 0 Å². The maximum atomic E-state index is 12.8. The first-order valence-electron chi connectivity index (χ1n) is 10.7. The number of carbonyl (C=O) groups excluding carboxylic acids is 1. The summed E-state index contributed by atoms with van der Waals surface area (Å²) < 4.78 is 2.39. The smallest absolute Gasteiger partial charge is 0.273 e. The number of imidazole rings is 1. The van der Waals surface area contributed by atoms with E-state index in [0.29, 0.717) is 11.7 Å². The Balaban J connectivity index is 1.36. The number of hydrogen-bond donors (Lipinski definition) is 0. The minimum atomic E-state index is 0.0626. The number of amides is 1. The third-order valence-corrected chi connectivity index (χ3v) is 7.20. The van der Waals surface area contributed by atoms with Gasteiger partial charge in [-0.15, -0.1) is 11.3 Å². The van der Waals surface area contributed by atoms with Crippen LogP contribution in [-0.2, 0) is 6.42 Å². The van der Waals surface area contributed by atoms with Crippen LogP contribution >= 0.6 is 11.3 Å². The Hall–Kier alpha value is -2.28. The first-order valence-corrected chi connectivity index (χ1v) is 11.6. The summed E-state index contributed by atoms with van der Waals surface area (Å²) >= 11 is 1.53. The van der Waals surface area contributed by atoms with E-state index in [0.717, 1.165) is 54.4 Å². The molecular weight excluding hydrogens is 382 g/mol. The lowest BCUT2D eigenvalue weighted by molar-refractivity contribution is 0.0689. The van der Waals surface area contributed by atoms with Crippen LogP contribution in [0.2, 0.25) is 0 Å². The van der Waals surface area contributed by atoms with Gasteiger partial charge in [0.15, 0.2) is 5.65 Å². The number of hydrogen-bond acceptors (Lipinski definition) is 5. The number of pyridine rings is 1. The van der Waals surface area contributed by atoms with E-state index in [9.17, 15) is 4.79 Å². The molecule has 2 fully saturated rings. The van der Waals surface area contributed by atoms with Crippen molar-refractivity contribution in [3.05, 3.63) is 40.2 Å². The highest BCUT2D eigenvalue weighted by atomic mass is 32.1. The molecule has 6 nitrogen and oxygen atoms in total. The first kappa shape index (κ1) is 18.7. The van der Waals surface area contributed by atoms with Crippen LogP contribution in [0.3, 0.4) is 0 Å². The van der Waals surface area contributed by atoms with Gasteiger partial charge in [-0.3, -0.25) is 4.79 Å². The van der Waals surface area contributed by atoms with Crippen LogP contribution < -0.4 is 0 Å². The van der Waals surface area contributed by atoms with E-state index in [-0.39, 0.29) is 5.91 Å². The van der Waals surface area contributed by atoms with Crippen molar-refractivity contribution < 1.29 is 4.79 Å². The molecule has 1 amide bonds. The molecule has 0 bridgehead atoms. The Morgan fingerprint density at radius 2 is 1.97 bits per heavy atom. The molecule has 0 N–H and O–H groups in total. The lowest BCUT2D eigenvalue weighted by Gasteiger charge is -2.33. The molecule has 0 unspecified atom stereocenters. The number of aromatic nitrogens is 4. The zero-order valence-corrected chi connectivity index (χ0v) is 17.7. The predicted molar refractivity (Wildman–Crippen MR) is 114 cm³/mol. The van der Waals surface area contributed by atoms with Gasteiger partial charge in [0.25, 0.3) is 5.91 Å². The zero-order chi connectivity index (χ0) is 19.8. The maximum absolute atomic E-state index is 12.8. The molecule has 1 saturated carbocycles. The molecule has 1 saturated heterocycles. The summed E-state index contributed by atoms with van der Waals surface area (Å²) in [6.07, 6.45) is 10.1. The van der Waals surface area contributed by atoms with Crippen molar-refractivity contribution in [3.63, 3.8) is 0 Å². The Morgan fingerprint density at radius 3 is 2.69 bits per heavy atom. The summed E-state index contributed by atoms with van der Waals surface area (Å²) in [7, 11) is 0. The second-order valence-electron chi connectivity index (χ2n) is 8.37. The van der Waals surface area contributed by atoms with Gasteiger partial charge in [0, 0.05) is 37.1 Å². The first-order chi connectivity index (χ1) is 14.2. The van der Waals surface area contributed by atoms with Gasteiger partial charge in [0.2, 0.25) is 0 Å². The van der Waals surface area contributed by atoms with Crippen molar-refractivity contribution in [3.8, 4) is 0 Å². The number of carbonyl (C=O) groups is 1. The van der Waals surface area contributed by atoms with Crippen molar-refractivity contribution in [2.24, 2.45) is 5.92 Å². The predicted octanol–water partition coefficient (Wildman–Crippen LogP) is 4.41. The van der Waals surface area contributed by atoms with Crippen molar-refractivity contribution in [2.75, 3.05) is 13.1 Å². The summed E-state index contributed by atoms with van der Waals surface area (Å²) in [5, 5.41) is 2.81. The van der Waals surface area contributed by atoms with Crippen LogP contribution in [0, 0.1) is 12.8 Å². The number of thiazole rings is 1. The fourth-order valence-electron chi connectivity index (χ4n) is 4.93. The van der Waals surface area contributed by atoms with E-state index in [2.05, 4.69) is 20.6 Å². The number of nitrogens with zero attached hydrogens (tertiary/aromatic N) is 5. The molecule has 2 aliphatic rings. The highest BCUT2D eigenvalue weighted by Crippen LogP contribution is 2.33. The SMILES string of the molecule is Cc1nc(C(=O)N2CCC(n3c(CC4CCCC4)nc4cccnc43)CC2)cs1. The maximum Gasteiger partial charge on any atom is 0.273 e. The third kappa shape index (κ3) is 3.68. The van der Waals surface area contributed by atoms with Gasteiger partial charge in [-0.2, -0.15) is 0 Å². The number of fused-ring (bicyclic) bond motifs is 1. The van der Waals surface area contributed by atoms with Gasteiger partial charge in [-0.05, 0) is 37.8 Å². The molecule has 1 aliphatic heterocycles. The number of piperidine rings is 1. The molecule has 0 spiro atoms. The van der Waals surface area contributed by atoms with E-state index in [1.165, 1.54) is 42.8 Å². The topological polar surface area (TPSA) is 63.9 Å². The average Bonchev–Trinajstić information content (AvgIpc) is 3.48. The lowest BCUT2D eigenvalue weighted by atomic mass is 10.0. The molecule has 3 aromatic rings. The van der Waals surface area contributed by atoms with Crippen LogP contribution in [-0.4, -0.2) is 43.4 Å². The minimum Gasteiger partial charge on any atom is -0.337 e. The van der Waals surface area contributed by atoms with Crippen molar-refractivity contribution >= 4 is 28.4 Å².